The molecule has 0 aliphatic rings. The number of aromatic nitrogens is 1. The molecule has 1 aromatic carbocycles. The number of aromatic hydroxyl groups is 1. The zero-order valence-electron chi connectivity index (χ0n) is 9.62. The Hall–Kier alpha value is -2.56. The summed E-state index contributed by atoms with van der Waals surface area (Å²) in [6.45, 7) is 0. The van der Waals surface area contributed by atoms with Crippen molar-refractivity contribution in [3.8, 4) is 22.8 Å². The number of aromatic carboxylic acids is 1. The third kappa shape index (κ3) is 2.10. The Morgan fingerprint density at radius 3 is 2.67 bits per heavy atom. The summed E-state index contributed by atoms with van der Waals surface area (Å²) in [5, 5.41) is 18.8. The van der Waals surface area contributed by atoms with E-state index in [4.69, 9.17) is 9.84 Å². The average Bonchev–Trinajstić information content (AvgIpc) is 2.38. The van der Waals surface area contributed by atoms with Crippen LogP contribution in [-0.2, 0) is 0 Å². The maximum Gasteiger partial charge on any atom is 0.341 e. The van der Waals surface area contributed by atoms with Gasteiger partial charge < -0.3 is 14.9 Å². The van der Waals surface area contributed by atoms with Gasteiger partial charge in [0, 0.05) is 17.3 Å². The van der Waals surface area contributed by atoms with E-state index in [2.05, 4.69) is 4.98 Å². The Morgan fingerprint density at radius 1 is 1.33 bits per heavy atom. The van der Waals surface area contributed by atoms with Crippen molar-refractivity contribution in [1.29, 1.82) is 0 Å². The first-order valence-corrected chi connectivity index (χ1v) is 5.19. The molecule has 0 unspecified atom stereocenters. The number of phenols is 1. The van der Waals surface area contributed by atoms with Gasteiger partial charge in [-0.3, -0.25) is 0 Å². The molecule has 0 atom stereocenters. The lowest BCUT2D eigenvalue weighted by molar-refractivity contribution is 0.0692. The fourth-order valence-corrected chi connectivity index (χ4v) is 1.63. The molecule has 0 aliphatic carbocycles. The van der Waals surface area contributed by atoms with Crippen molar-refractivity contribution < 1.29 is 19.7 Å². The number of hydrogen-bond donors (Lipinski definition) is 2. The number of hydrogen-bond acceptors (Lipinski definition) is 4. The van der Waals surface area contributed by atoms with Crippen molar-refractivity contribution in [2.75, 3.05) is 7.11 Å². The molecule has 0 amide bonds. The molecule has 2 N–H and O–H groups in total. The summed E-state index contributed by atoms with van der Waals surface area (Å²) in [7, 11) is 1.36. The van der Waals surface area contributed by atoms with Gasteiger partial charge in [-0.2, -0.15) is 0 Å². The molecule has 1 heterocycles. The third-order valence-electron chi connectivity index (χ3n) is 2.49. The van der Waals surface area contributed by atoms with Gasteiger partial charge in [0.2, 0.25) is 5.88 Å². The van der Waals surface area contributed by atoms with E-state index in [9.17, 15) is 9.90 Å². The highest BCUT2D eigenvalue weighted by Gasteiger charge is 2.14. The molecule has 1 aromatic heterocycles. The monoisotopic (exact) mass is 245 g/mol. The van der Waals surface area contributed by atoms with Crippen LogP contribution in [0.2, 0.25) is 0 Å². The molecule has 2 rings (SSSR count). The van der Waals surface area contributed by atoms with E-state index in [1.807, 2.05) is 0 Å². The van der Waals surface area contributed by atoms with E-state index in [-0.39, 0.29) is 17.2 Å². The van der Waals surface area contributed by atoms with Gasteiger partial charge in [0.05, 0.1) is 7.11 Å². The zero-order valence-corrected chi connectivity index (χ0v) is 9.62. The third-order valence-corrected chi connectivity index (χ3v) is 2.49. The van der Waals surface area contributed by atoms with E-state index < -0.39 is 5.97 Å². The molecule has 0 fully saturated rings. The van der Waals surface area contributed by atoms with Crippen LogP contribution in [0.5, 0.6) is 11.6 Å². The molecule has 5 nitrogen and oxygen atoms in total. The second-order valence-corrected chi connectivity index (χ2v) is 3.60. The normalized spacial score (nSPS) is 10.1. The van der Waals surface area contributed by atoms with Gasteiger partial charge in [0.1, 0.15) is 11.3 Å². The summed E-state index contributed by atoms with van der Waals surface area (Å²) in [5.74, 6) is -1.01. The summed E-state index contributed by atoms with van der Waals surface area (Å²) in [4.78, 5) is 15.0. The van der Waals surface area contributed by atoms with Gasteiger partial charge in [-0.25, -0.2) is 9.78 Å². The van der Waals surface area contributed by atoms with Gasteiger partial charge >= 0.3 is 5.97 Å². The molecule has 5 heteroatoms. The highest BCUT2D eigenvalue weighted by Crippen LogP contribution is 2.30. The number of ether oxygens (including phenoxy) is 1. The van der Waals surface area contributed by atoms with Crippen molar-refractivity contribution in [2.24, 2.45) is 0 Å². The lowest BCUT2D eigenvalue weighted by Crippen LogP contribution is -2.02. The number of para-hydroxylation sites is 1. The minimum Gasteiger partial charge on any atom is -0.507 e. The number of carbonyl (C=O) groups is 1. The van der Waals surface area contributed by atoms with Gasteiger partial charge in [0.25, 0.3) is 0 Å². The molecule has 2 aromatic rings. The summed E-state index contributed by atoms with van der Waals surface area (Å²) < 4.78 is 4.87. The number of methoxy groups -OCH3 is 1. The smallest absolute Gasteiger partial charge is 0.341 e. The first kappa shape index (κ1) is 11.9. The van der Waals surface area contributed by atoms with Crippen LogP contribution in [0.15, 0.2) is 36.5 Å². The quantitative estimate of drug-likeness (QED) is 0.866. The second-order valence-electron chi connectivity index (χ2n) is 3.60. The topological polar surface area (TPSA) is 79.7 Å². The lowest BCUT2D eigenvalue weighted by Gasteiger charge is -2.08. The van der Waals surface area contributed by atoms with Crippen molar-refractivity contribution in [1.82, 2.24) is 4.98 Å². The van der Waals surface area contributed by atoms with Crippen molar-refractivity contribution in [3.63, 3.8) is 0 Å². The number of carboxylic acid groups (broad SMARTS) is 1. The summed E-state index contributed by atoms with van der Waals surface area (Å²) in [6, 6.07) is 8.07. The van der Waals surface area contributed by atoms with E-state index in [0.717, 1.165) is 0 Å². The van der Waals surface area contributed by atoms with Crippen LogP contribution in [0.3, 0.4) is 0 Å². The predicted molar refractivity (Wildman–Crippen MR) is 64.8 cm³/mol. The van der Waals surface area contributed by atoms with Crippen LogP contribution in [-0.4, -0.2) is 28.3 Å². The summed E-state index contributed by atoms with van der Waals surface area (Å²) in [5.41, 5.74) is 1.000. The molecule has 0 saturated heterocycles. The number of nitrogens with zero attached hydrogens (tertiary/aromatic N) is 1. The van der Waals surface area contributed by atoms with Crippen LogP contribution in [0.4, 0.5) is 0 Å². The molecule has 0 aliphatic heterocycles. The lowest BCUT2D eigenvalue weighted by atomic mass is 10.0. The number of carboxylic acids is 1. The zero-order chi connectivity index (χ0) is 13.1. The van der Waals surface area contributed by atoms with Crippen LogP contribution < -0.4 is 4.74 Å². The Kier molecular flexibility index (Phi) is 3.14. The van der Waals surface area contributed by atoms with Gasteiger partial charge in [-0.05, 0) is 12.1 Å². The number of benzene rings is 1. The van der Waals surface area contributed by atoms with Crippen molar-refractivity contribution in [2.45, 2.75) is 0 Å². The maximum absolute atomic E-state index is 11.1. The van der Waals surface area contributed by atoms with E-state index in [1.165, 1.54) is 25.4 Å². The average molecular weight is 245 g/mol. The fraction of sp³-hybridized carbons (Fsp3) is 0.0769. The molecule has 18 heavy (non-hydrogen) atoms. The Balaban J connectivity index is 2.57. The molecular weight excluding hydrogens is 234 g/mol. The summed E-state index contributed by atoms with van der Waals surface area (Å²) in [6.07, 6.45) is 1.46. The molecule has 0 spiro atoms. The molecule has 0 saturated carbocycles. The SMILES string of the molecule is COc1ncc(-c2ccccc2O)cc1C(=O)O. The molecule has 92 valence electrons. The minimum atomic E-state index is -1.13. The highest BCUT2D eigenvalue weighted by atomic mass is 16.5. The first-order chi connectivity index (χ1) is 8.63. The number of rotatable bonds is 3. The Bertz CT molecular complexity index is 595. The molecular formula is C13H11NO4. The van der Waals surface area contributed by atoms with Crippen LogP contribution in [0, 0.1) is 0 Å². The van der Waals surface area contributed by atoms with E-state index in [0.29, 0.717) is 11.1 Å². The van der Waals surface area contributed by atoms with Gasteiger partial charge in [-0.15, -0.1) is 0 Å². The first-order valence-electron chi connectivity index (χ1n) is 5.19. The minimum absolute atomic E-state index is 0.0432. The standard InChI is InChI=1S/C13H11NO4/c1-18-12-10(13(16)17)6-8(7-14-12)9-4-2-3-5-11(9)15/h2-7,15H,1H3,(H,16,17). The van der Waals surface area contributed by atoms with Crippen LogP contribution in [0.1, 0.15) is 10.4 Å². The number of pyridine rings is 1. The van der Waals surface area contributed by atoms with Crippen LogP contribution in [0.25, 0.3) is 11.1 Å². The van der Waals surface area contributed by atoms with E-state index in [1.54, 1.807) is 18.2 Å². The van der Waals surface area contributed by atoms with Crippen molar-refractivity contribution >= 4 is 5.97 Å². The molecule has 0 bridgehead atoms. The maximum atomic E-state index is 11.1. The summed E-state index contributed by atoms with van der Waals surface area (Å²) >= 11 is 0. The Morgan fingerprint density at radius 2 is 2.06 bits per heavy atom. The molecule has 0 radical (unpaired) electrons. The highest BCUT2D eigenvalue weighted by molar-refractivity contribution is 5.92. The fourth-order valence-electron chi connectivity index (χ4n) is 1.63. The second kappa shape index (κ2) is 4.75. The van der Waals surface area contributed by atoms with Gasteiger partial charge in [0.15, 0.2) is 0 Å². The largest absolute Gasteiger partial charge is 0.507 e. The number of phenolic OH excluding ortho intramolecular Hbond substituents is 1. The van der Waals surface area contributed by atoms with E-state index >= 15 is 0 Å². The Labute approximate surface area is 103 Å². The van der Waals surface area contributed by atoms with Crippen LogP contribution >= 0.6 is 0 Å². The van der Waals surface area contributed by atoms with Gasteiger partial charge in [-0.1, -0.05) is 18.2 Å². The van der Waals surface area contributed by atoms with Crippen molar-refractivity contribution in [3.05, 3.63) is 42.1 Å². The predicted octanol–water partition coefficient (Wildman–Crippen LogP) is 2.16.